The van der Waals surface area contributed by atoms with E-state index in [1.165, 1.54) is 18.2 Å². The summed E-state index contributed by atoms with van der Waals surface area (Å²) in [5.74, 6) is 0.852. The Labute approximate surface area is 145 Å². The highest BCUT2D eigenvalue weighted by molar-refractivity contribution is 6.08. The number of carbonyl (C=O) groups excluding carboxylic acids is 1. The molecule has 0 heterocycles. The third kappa shape index (κ3) is 4.91. The first-order valence-corrected chi connectivity index (χ1v) is 7.91. The molecule has 0 aromatic heterocycles. The van der Waals surface area contributed by atoms with Gasteiger partial charge in [-0.15, -0.1) is 0 Å². The Balaban J connectivity index is 2.23. The second-order valence-corrected chi connectivity index (χ2v) is 5.07. The van der Waals surface area contributed by atoms with Crippen molar-refractivity contribution in [1.82, 2.24) is 0 Å². The van der Waals surface area contributed by atoms with Crippen LogP contribution >= 0.6 is 0 Å². The Bertz CT molecular complexity index is 781. The maximum Gasteiger partial charge on any atom is 0.269 e. The number of allylic oxidation sites excluding steroid dienone is 1. The second kappa shape index (κ2) is 8.63. The fourth-order valence-corrected chi connectivity index (χ4v) is 2.21. The molecule has 0 saturated heterocycles. The molecule has 25 heavy (non-hydrogen) atoms. The van der Waals surface area contributed by atoms with Crippen molar-refractivity contribution in [1.29, 1.82) is 0 Å². The summed E-state index contributed by atoms with van der Waals surface area (Å²) >= 11 is 0. The number of nitro groups is 1. The first-order chi connectivity index (χ1) is 12.0. The minimum atomic E-state index is -0.466. The van der Waals surface area contributed by atoms with Crippen molar-refractivity contribution >= 4 is 17.5 Å². The topological polar surface area (TPSA) is 78.7 Å². The summed E-state index contributed by atoms with van der Waals surface area (Å²) in [5.41, 5.74) is 1.11. The molecule has 0 amide bonds. The molecule has 0 fully saturated rings. The van der Waals surface area contributed by atoms with Crippen molar-refractivity contribution in [2.45, 2.75) is 13.8 Å². The van der Waals surface area contributed by atoms with E-state index in [-0.39, 0.29) is 11.5 Å². The Morgan fingerprint density at radius 3 is 2.36 bits per heavy atom. The van der Waals surface area contributed by atoms with Gasteiger partial charge in [-0.25, -0.2) is 0 Å². The molecule has 2 aromatic carbocycles. The van der Waals surface area contributed by atoms with Crippen LogP contribution in [0.5, 0.6) is 11.5 Å². The summed E-state index contributed by atoms with van der Waals surface area (Å²) in [6.07, 6.45) is 3.02. The van der Waals surface area contributed by atoms with Gasteiger partial charge >= 0.3 is 0 Å². The van der Waals surface area contributed by atoms with Crippen LogP contribution in [0.4, 0.5) is 5.69 Å². The SMILES string of the molecule is CCOc1ccc(OCC)c(C(=O)/C=C/c2ccc([N+](=O)[O-])cc2)c1. The number of nitro benzene ring substituents is 1. The lowest BCUT2D eigenvalue weighted by Gasteiger charge is -2.10. The average Bonchev–Trinajstić information content (AvgIpc) is 2.61. The summed E-state index contributed by atoms with van der Waals surface area (Å²) < 4.78 is 10.9. The molecule has 0 atom stereocenters. The molecule has 0 aliphatic carbocycles. The maximum atomic E-state index is 12.5. The van der Waals surface area contributed by atoms with Gasteiger partial charge in [-0.1, -0.05) is 6.08 Å². The van der Waals surface area contributed by atoms with Gasteiger partial charge in [0.05, 0.1) is 23.7 Å². The first-order valence-electron chi connectivity index (χ1n) is 7.91. The Kier molecular flexibility index (Phi) is 6.28. The van der Waals surface area contributed by atoms with Crippen LogP contribution in [0.1, 0.15) is 29.8 Å². The summed E-state index contributed by atoms with van der Waals surface area (Å²) in [6.45, 7) is 4.66. The summed E-state index contributed by atoms with van der Waals surface area (Å²) in [6, 6.07) is 11.1. The van der Waals surface area contributed by atoms with Gasteiger partial charge in [-0.2, -0.15) is 0 Å². The number of hydrogen-bond acceptors (Lipinski definition) is 5. The fraction of sp³-hybridized carbons (Fsp3) is 0.211. The summed E-state index contributed by atoms with van der Waals surface area (Å²) in [5, 5.41) is 10.7. The number of rotatable bonds is 8. The number of non-ortho nitro benzene ring substituents is 1. The molecule has 0 bridgehead atoms. The molecule has 0 aliphatic heterocycles. The van der Waals surface area contributed by atoms with Crippen molar-refractivity contribution in [3.05, 3.63) is 69.8 Å². The van der Waals surface area contributed by atoms with Crippen LogP contribution in [-0.2, 0) is 0 Å². The quantitative estimate of drug-likeness (QED) is 0.310. The second-order valence-electron chi connectivity index (χ2n) is 5.07. The minimum Gasteiger partial charge on any atom is -0.494 e. The van der Waals surface area contributed by atoms with Crippen LogP contribution in [0.15, 0.2) is 48.5 Å². The van der Waals surface area contributed by atoms with Gasteiger partial charge in [0, 0.05) is 12.1 Å². The number of hydrogen-bond donors (Lipinski definition) is 0. The van der Waals surface area contributed by atoms with Crippen molar-refractivity contribution in [3.63, 3.8) is 0 Å². The average molecular weight is 341 g/mol. The summed E-state index contributed by atoms with van der Waals surface area (Å²) in [4.78, 5) is 22.7. The molecule has 2 aromatic rings. The van der Waals surface area contributed by atoms with Crippen LogP contribution < -0.4 is 9.47 Å². The van der Waals surface area contributed by atoms with Crippen LogP contribution in [0, 0.1) is 10.1 Å². The lowest BCUT2D eigenvalue weighted by Crippen LogP contribution is -2.03. The molecular formula is C19H19NO5. The molecule has 6 heteroatoms. The zero-order valence-electron chi connectivity index (χ0n) is 14.1. The van der Waals surface area contributed by atoms with Gasteiger partial charge in [0.15, 0.2) is 5.78 Å². The van der Waals surface area contributed by atoms with E-state index in [1.807, 2.05) is 13.8 Å². The number of nitrogens with zero attached hydrogens (tertiary/aromatic N) is 1. The van der Waals surface area contributed by atoms with E-state index >= 15 is 0 Å². The van der Waals surface area contributed by atoms with Crippen LogP contribution in [0.25, 0.3) is 6.08 Å². The lowest BCUT2D eigenvalue weighted by atomic mass is 10.1. The lowest BCUT2D eigenvalue weighted by molar-refractivity contribution is -0.384. The van der Waals surface area contributed by atoms with Gasteiger partial charge in [0.25, 0.3) is 5.69 Å². The number of ketones is 1. The van der Waals surface area contributed by atoms with Crippen molar-refractivity contribution in [3.8, 4) is 11.5 Å². The normalized spacial score (nSPS) is 10.6. The maximum absolute atomic E-state index is 12.5. The number of carbonyl (C=O) groups is 1. The van der Waals surface area contributed by atoms with E-state index in [0.29, 0.717) is 35.8 Å². The van der Waals surface area contributed by atoms with E-state index < -0.39 is 4.92 Å². The standard InChI is InChI=1S/C19H19NO5/c1-3-24-16-10-12-19(25-4-2)17(13-16)18(21)11-7-14-5-8-15(9-6-14)20(22)23/h5-13H,3-4H2,1-2H3/b11-7+. The minimum absolute atomic E-state index is 0.00604. The Hall–Kier alpha value is -3.15. The zero-order valence-corrected chi connectivity index (χ0v) is 14.1. The molecule has 0 saturated carbocycles. The highest BCUT2D eigenvalue weighted by Crippen LogP contribution is 2.25. The van der Waals surface area contributed by atoms with Gasteiger partial charge < -0.3 is 9.47 Å². The third-order valence-corrected chi connectivity index (χ3v) is 3.36. The predicted molar refractivity (Wildman–Crippen MR) is 95.2 cm³/mol. The molecule has 0 aliphatic rings. The van der Waals surface area contributed by atoms with Gasteiger partial charge in [-0.3, -0.25) is 14.9 Å². The van der Waals surface area contributed by atoms with Gasteiger partial charge in [0.2, 0.25) is 0 Å². The zero-order chi connectivity index (χ0) is 18.2. The molecule has 0 spiro atoms. The van der Waals surface area contributed by atoms with E-state index in [1.54, 1.807) is 36.4 Å². The molecule has 130 valence electrons. The van der Waals surface area contributed by atoms with Crippen molar-refractivity contribution in [2.75, 3.05) is 13.2 Å². The highest BCUT2D eigenvalue weighted by Gasteiger charge is 2.12. The summed E-state index contributed by atoms with van der Waals surface area (Å²) in [7, 11) is 0. The molecule has 0 radical (unpaired) electrons. The number of ether oxygens (including phenoxy) is 2. The Morgan fingerprint density at radius 2 is 1.76 bits per heavy atom. The third-order valence-electron chi connectivity index (χ3n) is 3.36. The molecule has 2 rings (SSSR count). The number of benzene rings is 2. The van der Waals surface area contributed by atoms with E-state index in [0.717, 1.165) is 0 Å². The monoisotopic (exact) mass is 341 g/mol. The Morgan fingerprint density at radius 1 is 1.08 bits per heavy atom. The van der Waals surface area contributed by atoms with E-state index in [2.05, 4.69) is 0 Å². The molecule has 0 N–H and O–H groups in total. The van der Waals surface area contributed by atoms with Crippen molar-refractivity contribution in [2.24, 2.45) is 0 Å². The van der Waals surface area contributed by atoms with Crippen molar-refractivity contribution < 1.29 is 19.2 Å². The van der Waals surface area contributed by atoms with Gasteiger partial charge in [-0.05, 0) is 55.8 Å². The van der Waals surface area contributed by atoms with E-state index in [9.17, 15) is 14.9 Å². The first kappa shape index (κ1) is 18.2. The predicted octanol–water partition coefficient (Wildman–Crippen LogP) is 4.29. The largest absolute Gasteiger partial charge is 0.494 e. The smallest absolute Gasteiger partial charge is 0.269 e. The molecule has 6 nitrogen and oxygen atoms in total. The van der Waals surface area contributed by atoms with Crippen LogP contribution in [0.3, 0.4) is 0 Å². The fourth-order valence-electron chi connectivity index (χ4n) is 2.21. The molecule has 0 unspecified atom stereocenters. The van der Waals surface area contributed by atoms with Gasteiger partial charge in [0.1, 0.15) is 11.5 Å². The molecular weight excluding hydrogens is 322 g/mol. The van der Waals surface area contributed by atoms with Crippen LogP contribution in [0.2, 0.25) is 0 Å². The highest BCUT2D eigenvalue weighted by atomic mass is 16.6. The van der Waals surface area contributed by atoms with Crippen LogP contribution in [-0.4, -0.2) is 23.9 Å². The van der Waals surface area contributed by atoms with E-state index in [4.69, 9.17) is 9.47 Å².